The largest absolute Gasteiger partial charge is 0.369 e. The van der Waals surface area contributed by atoms with Gasteiger partial charge in [0.05, 0.1) is 16.1 Å². The van der Waals surface area contributed by atoms with Gasteiger partial charge in [0.15, 0.2) is 5.17 Å². The molecule has 0 radical (unpaired) electrons. The number of likely N-dealkylation sites (N-methyl/N-ethyl adjacent to an activating group) is 1. The van der Waals surface area contributed by atoms with E-state index in [1.54, 1.807) is 6.33 Å². The van der Waals surface area contributed by atoms with Crippen molar-refractivity contribution < 1.29 is 4.79 Å². The Bertz CT molecular complexity index is 1320. The van der Waals surface area contributed by atoms with Gasteiger partial charge in [0, 0.05) is 55.9 Å². The maximum Gasteiger partial charge on any atom is 0.286 e. The third kappa shape index (κ3) is 4.56. The van der Waals surface area contributed by atoms with Gasteiger partial charge in [-0.05, 0) is 67.6 Å². The Labute approximate surface area is 209 Å². The summed E-state index contributed by atoms with van der Waals surface area (Å²) in [6.07, 6.45) is 5.89. The molecule has 2 aromatic carbocycles. The third-order valence-electron chi connectivity index (χ3n) is 6.95. The normalized spacial score (nSPS) is 20.3. The molecule has 7 nitrogen and oxygen atoms in total. The van der Waals surface area contributed by atoms with Gasteiger partial charge in [0.2, 0.25) is 0 Å². The smallest absolute Gasteiger partial charge is 0.286 e. The van der Waals surface area contributed by atoms with Gasteiger partial charge in [-0.1, -0.05) is 18.2 Å². The highest BCUT2D eigenvalue weighted by Gasteiger charge is 2.27. The number of benzene rings is 2. The molecule has 35 heavy (non-hydrogen) atoms. The third-order valence-corrected chi connectivity index (χ3v) is 8.00. The lowest BCUT2D eigenvalue weighted by Crippen LogP contribution is -2.44. The number of anilines is 1. The standard InChI is InChI=1S/C27H28N6OS/c1-31-12-14-32(15-13-31)21-7-5-20(6-8-21)25-22-16-19(4-9-23(22)28-18-29-25)17-24-26(34)30-27(35-24)33-10-2-3-11-33/h4-9,16-18H,2-3,10-15H2,1H3. The van der Waals surface area contributed by atoms with E-state index in [1.807, 2.05) is 18.2 Å². The van der Waals surface area contributed by atoms with Crippen LogP contribution in [0.25, 0.3) is 28.2 Å². The van der Waals surface area contributed by atoms with Crippen LogP contribution in [0, 0.1) is 0 Å². The van der Waals surface area contributed by atoms with E-state index in [-0.39, 0.29) is 5.91 Å². The molecule has 4 heterocycles. The van der Waals surface area contributed by atoms with Crippen LogP contribution in [0.2, 0.25) is 0 Å². The summed E-state index contributed by atoms with van der Waals surface area (Å²) in [5, 5.41) is 1.81. The molecule has 178 valence electrons. The van der Waals surface area contributed by atoms with Crippen molar-refractivity contribution in [3.8, 4) is 11.3 Å². The summed E-state index contributed by atoms with van der Waals surface area (Å²) in [5.74, 6) is -0.152. The Morgan fingerprint density at radius 2 is 1.66 bits per heavy atom. The van der Waals surface area contributed by atoms with Gasteiger partial charge in [0.25, 0.3) is 5.91 Å². The maximum absolute atomic E-state index is 12.5. The summed E-state index contributed by atoms with van der Waals surface area (Å²) in [4.78, 5) is 33.6. The molecule has 0 unspecified atom stereocenters. The average molecular weight is 485 g/mol. The molecule has 2 fully saturated rings. The first-order valence-corrected chi connectivity index (χ1v) is 13.0. The van der Waals surface area contributed by atoms with Crippen LogP contribution in [0.15, 0.2) is 58.7 Å². The van der Waals surface area contributed by atoms with Crippen LogP contribution in [-0.2, 0) is 4.79 Å². The van der Waals surface area contributed by atoms with Crippen molar-refractivity contribution in [3.63, 3.8) is 0 Å². The molecule has 6 rings (SSSR count). The lowest BCUT2D eigenvalue weighted by molar-refractivity contribution is -0.113. The Kier molecular flexibility index (Phi) is 6.00. The lowest BCUT2D eigenvalue weighted by Gasteiger charge is -2.34. The van der Waals surface area contributed by atoms with Gasteiger partial charge in [0.1, 0.15) is 6.33 Å². The molecule has 3 aromatic rings. The number of aromatic nitrogens is 2. The highest BCUT2D eigenvalue weighted by molar-refractivity contribution is 8.18. The summed E-state index contributed by atoms with van der Waals surface area (Å²) < 4.78 is 0. The molecular weight excluding hydrogens is 456 g/mol. The maximum atomic E-state index is 12.5. The van der Waals surface area contributed by atoms with Gasteiger partial charge < -0.3 is 14.7 Å². The minimum atomic E-state index is -0.152. The molecule has 1 amide bonds. The zero-order valence-corrected chi connectivity index (χ0v) is 20.7. The summed E-state index contributed by atoms with van der Waals surface area (Å²) in [6.45, 7) is 6.23. The molecule has 0 atom stereocenters. The number of fused-ring (bicyclic) bond motifs is 1. The Morgan fingerprint density at radius 1 is 0.886 bits per heavy atom. The van der Waals surface area contributed by atoms with Crippen molar-refractivity contribution in [2.45, 2.75) is 12.8 Å². The predicted molar refractivity (Wildman–Crippen MR) is 144 cm³/mol. The average Bonchev–Trinajstić information content (AvgIpc) is 3.55. The molecule has 0 saturated carbocycles. The van der Waals surface area contributed by atoms with E-state index in [0.29, 0.717) is 4.91 Å². The van der Waals surface area contributed by atoms with Gasteiger partial charge in [-0.25, -0.2) is 9.97 Å². The van der Waals surface area contributed by atoms with Crippen LogP contribution in [0.1, 0.15) is 18.4 Å². The number of hydrogen-bond acceptors (Lipinski definition) is 7. The molecule has 3 aliphatic heterocycles. The van der Waals surface area contributed by atoms with Gasteiger partial charge >= 0.3 is 0 Å². The number of amides is 1. The Morgan fingerprint density at radius 3 is 2.43 bits per heavy atom. The molecular formula is C27H28N6OS. The predicted octanol–water partition coefficient (Wildman–Crippen LogP) is 4.11. The van der Waals surface area contributed by atoms with E-state index in [1.165, 1.54) is 17.4 Å². The summed E-state index contributed by atoms with van der Waals surface area (Å²) >= 11 is 1.48. The van der Waals surface area contributed by atoms with Crippen molar-refractivity contribution in [1.29, 1.82) is 0 Å². The number of likely N-dealkylation sites (tertiary alicyclic amines) is 1. The highest BCUT2D eigenvalue weighted by atomic mass is 32.2. The van der Waals surface area contributed by atoms with Crippen LogP contribution in [0.4, 0.5) is 5.69 Å². The molecule has 0 bridgehead atoms. The minimum Gasteiger partial charge on any atom is -0.369 e. The number of hydrogen-bond donors (Lipinski definition) is 0. The van der Waals surface area contributed by atoms with Crippen molar-refractivity contribution in [2.75, 3.05) is 51.2 Å². The Balaban J connectivity index is 1.27. The van der Waals surface area contributed by atoms with Gasteiger partial charge in [-0.15, -0.1) is 0 Å². The van der Waals surface area contributed by atoms with Crippen molar-refractivity contribution in [2.24, 2.45) is 4.99 Å². The van der Waals surface area contributed by atoms with Crippen LogP contribution in [0.3, 0.4) is 0 Å². The zero-order chi connectivity index (χ0) is 23.8. The monoisotopic (exact) mass is 484 g/mol. The first-order valence-electron chi connectivity index (χ1n) is 12.2. The van der Waals surface area contributed by atoms with E-state index in [4.69, 9.17) is 0 Å². The van der Waals surface area contributed by atoms with Gasteiger partial charge in [-0.2, -0.15) is 4.99 Å². The zero-order valence-electron chi connectivity index (χ0n) is 19.9. The van der Waals surface area contributed by atoms with Crippen molar-refractivity contribution in [1.82, 2.24) is 19.8 Å². The van der Waals surface area contributed by atoms with Crippen molar-refractivity contribution >= 4 is 45.5 Å². The summed E-state index contributed by atoms with van der Waals surface area (Å²) in [7, 11) is 2.17. The lowest BCUT2D eigenvalue weighted by atomic mass is 10.0. The molecule has 8 heteroatoms. The number of nitrogens with zero attached hydrogens (tertiary/aromatic N) is 6. The van der Waals surface area contributed by atoms with Crippen molar-refractivity contribution in [3.05, 3.63) is 59.3 Å². The number of thioether (sulfide) groups is 1. The summed E-state index contributed by atoms with van der Waals surface area (Å²) in [6, 6.07) is 14.7. The number of piperazine rings is 1. The molecule has 0 N–H and O–H groups in total. The van der Waals surface area contributed by atoms with E-state index in [9.17, 15) is 4.79 Å². The number of carbonyl (C=O) groups excluding carboxylic acids is 1. The number of aliphatic imine (C=N–C) groups is 1. The second kappa shape index (κ2) is 9.43. The molecule has 3 aliphatic rings. The first kappa shape index (κ1) is 22.2. The van der Waals surface area contributed by atoms with Crippen LogP contribution < -0.4 is 4.90 Å². The quantitative estimate of drug-likeness (QED) is 0.518. The van der Waals surface area contributed by atoms with E-state index < -0.39 is 0 Å². The van der Waals surface area contributed by atoms with Crippen LogP contribution in [0.5, 0.6) is 0 Å². The molecule has 2 saturated heterocycles. The minimum absolute atomic E-state index is 0.152. The second-order valence-corrected chi connectivity index (χ2v) is 10.3. The number of carbonyl (C=O) groups is 1. The fourth-order valence-electron chi connectivity index (χ4n) is 4.88. The van der Waals surface area contributed by atoms with E-state index in [2.05, 4.69) is 67.0 Å². The fraction of sp³-hybridized carbons (Fsp3) is 0.333. The highest BCUT2D eigenvalue weighted by Crippen LogP contribution is 2.33. The van der Waals surface area contributed by atoms with E-state index in [0.717, 1.165) is 85.0 Å². The summed E-state index contributed by atoms with van der Waals surface area (Å²) in [5.41, 5.74) is 5.05. The molecule has 1 aromatic heterocycles. The van der Waals surface area contributed by atoms with E-state index >= 15 is 0 Å². The molecule has 0 aliphatic carbocycles. The first-order chi connectivity index (χ1) is 17.1. The second-order valence-electron chi connectivity index (χ2n) is 9.34. The Hall–Kier alpha value is -3.23. The number of amidine groups is 1. The fourth-order valence-corrected chi connectivity index (χ4v) is 5.85. The van der Waals surface area contributed by atoms with Gasteiger partial charge in [-0.3, -0.25) is 4.79 Å². The molecule has 0 spiro atoms. The van der Waals surface area contributed by atoms with Crippen LogP contribution >= 0.6 is 11.8 Å². The number of rotatable bonds is 3. The van der Waals surface area contributed by atoms with Crippen LogP contribution in [-0.4, -0.2) is 77.2 Å². The topological polar surface area (TPSA) is 64.9 Å². The SMILES string of the molecule is CN1CCN(c2ccc(-c3ncnc4ccc(C=C5SC(N6CCCC6)=NC5=O)cc34)cc2)CC1.